The third-order valence-electron chi connectivity index (χ3n) is 3.84. The summed E-state index contributed by atoms with van der Waals surface area (Å²) in [6.45, 7) is 1.45. The van der Waals surface area contributed by atoms with Crippen molar-refractivity contribution in [2.45, 2.75) is 24.7 Å². The summed E-state index contributed by atoms with van der Waals surface area (Å²) >= 11 is 2.00. The third-order valence-corrected chi connectivity index (χ3v) is 6.16. The summed E-state index contributed by atoms with van der Waals surface area (Å²) in [5.74, 6) is -15.3. The number of aryl methyl sites for hydroxylation is 1. The van der Waals surface area contributed by atoms with Gasteiger partial charge >= 0.3 is 17.8 Å². The van der Waals surface area contributed by atoms with Gasteiger partial charge < -0.3 is 0 Å². The second-order valence-corrected chi connectivity index (χ2v) is 7.69. The minimum Gasteiger partial charge on any atom is -0.194 e. The molecule has 1 aromatic carbocycles. The van der Waals surface area contributed by atoms with E-state index >= 15 is 0 Å². The molecule has 1 aliphatic rings. The van der Waals surface area contributed by atoms with Crippen molar-refractivity contribution in [3.63, 3.8) is 0 Å². The molecule has 0 saturated carbocycles. The van der Waals surface area contributed by atoms with Crippen LogP contribution in [0.4, 0.5) is 26.3 Å². The Morgan fingerprint density at radius 1 is 0.917 bits per heavy atom. The van der Waals surface area contributed by atoms with E-state index in [0.29, 0.717) is 10.4 Å². The molecule has 0 saturated heterocycles. The highest BCUT2D eigenvalue weighted by Gasteiger charge is 2.80. The van der Waals surface area contributed by atoms with Crippen LogP contribution in [0.1, 0.15) is 10.4 Å². The molecule has 3 rings (SSSR count). The Bertz CT molecular complexity index is 822. The standard InChI is InChI=1S/C16H9F6IS/c1-8-10(7-11(24-8)9-5-3-2-4-6-9)12-13(23)15(19,20)16(21,22)14(12,17)18/h2-7H,1H3. The smallest absolute Gasteiger partial charge is 0.194 e. The van der Waals surface area contributed by atoms with Gasteiger partial charge in [0.1, 0.15) is 0 Å². The molecule has 8 heteroatoms. The van der Waals surface area contributed by atoms with E-state index in [4.69, 9.17) is 0 Å². The summed E-state index contributed by atoms with van der Waals surface area (Å²) in [6.07, 6.45) is 0. The highest BCUT2D eigenvalue weighted by molar-refractivity contribution is 14.1. The van der Waals surface area contributed by atoms with Gasteiger partial charge in [-0.25, -0.2) is 0 Å². The van der Waals surface area contributed by atoms with E-state index in [0.717, 1.165) is 33.9 Å². The molecule has 0 aliphatic heterocycles. The van der Waals surface area contributed by atoms with E-state index in [1.807, 2.05) is 0 Å². The van der Waals surface area contributed by atoms with Gasteiger partial charge in [-0.05, 0) is 46.7 Å². The van der Waals surface area contributed by atoms with Crippen molar-refractivity contribution in [3.8, 4) is 10.4 Å². The van der Waals surface area contributed by atoms with Gasteiger partial charge in [-0.1, -0.05) is 30.3 Å². The molecular weight excluding hydrogens is 465 g/mol. The molecular formula is C16H9F6IS. The van der Waals surface area contributed by atoms with Crippen LogP contribution >= 0.6 is 33.9 Å². The molecule has 1 aromatic heterocycles. The quantitative estimate of drug-likeness (QED) is 0.332. The molecule has 0 radical (unpaired) electrons. The van der Waals surface area contributed by atoms with Gasteiger partial charge in [-0.15, -0.1) is 11.3 Å². The van der Waals surface area contributed by atoms with E-state index in [1.54, 1.807) is 30.3 Å². The lowest BCUT2D eigenvalue weighted by Crippen LogP contribution is -2.48. The summed E-state index contributed by atoms with van der Waals surface area (Å²) in [4.78, 5) is 0.834. The molecule has 0 unspecified atom stereocenters. The maximum atomic E-state index is 14.1. The second-order valence-electron chi connectivity index (χ2n) is 5.36. The van der Waals surface area contributed by atoms with Crippen molar-refractivity contribution in [2.24, 2.45) is 0 Å². The van der Waals surface area contributed by atoms with Crippen LogP contribution in [0.3, 0.4) is 0 Å². The van der Waals surface area contributed by atoms with E-state index in [9.17, 15) is 26.3 Å². The first kappa shape index (κ1) is 17.8. The average molecular weight is 474 g/mol. The van der Waals surface area contributed by atoms with Crippen LogP contribution in [0.2, 0.25) is 0 Å². The zero-order valence-corrected chi connectivity index (χ0v) is 15.0. The summed E-state index contributed by atoms with van der Waals surface area (Å²) < 4.78 is 81.6. The Balaban J connectivity index is 2.20. The molecule has 0 fully saturated rings. The lowest BCUT2D eigenvalue weighted by Gasteiger charge is -2.25. The van der Waals surface area contributed by atoms with Crippen LogP contribution in [-0.4, -0.2) is 17.8 Å². The Hall–Kier alpha value is -1.03. The minimum atomic E-state index is -5.45. The zero-order valence-electron chi connectivity index (χ0n) is 12.0. The number of benzene rings is 1. The number of allylic oxidation sites excluding steroid dienone is 2. The van der Waals surface area contributed by atoms with Crippen LogP contribution in [0, 0.1) is 6.92 Å². The SMILES string of the molecule is Cc1sc(-c2ccccc2)cc1C1=C(I)C(F)(F)C(F)(F)C1(F)F. The summed E-state index contributed by atoms with van der Waals surface area (Å²) in [5.41, 5.74) is -0.841. The summed E-state index contributed by atoms with van der Waals surface area (Å²) in [5, 5.41) is 0. The van der Waals surface area contributed by atoms with Crippen LogP contribution in [0.15, 0.2) is 40.0 Å². The highest BCUT2D eigenvalue weighted by atomic mass is 127. The predicted molar refractivity (Wildman–Crippen MR) is 90.3 cm³/mol. The Kier molecular flexibility index (Phi) is 4.06. The summed E-state index contributed by atoms with van der Waals surface area (Å²) in [7, 11) is 0. The Morgan fingerprint density at radius 3 is 2.00 bits per heavy atom. The van der Waals surface area contributed by atoms with Gasteiger partial charge in [0, 0.05) is 9.75 Å². The van der Waals surface area contributed by atoms with Gasteiger partial charge in [0.2, 0.25) is 0 Å². The molecule has 128 valence electrons. The van der Waals surface area contributed by atoms with Crippen molar-refractivity contribution in [3.05, 3.63) is 50.4 Å². The molecule has 0 atom stereocenters. The van der Waals surface area contributed by atoms with Gasteiger partial charge in [0.05, 0.1) is 9.15 Å². The molecule has 0 nitrogen and oxygen atoms in total. The van der Waals surface area contributed by atoms with Gasteiger partial charge in [-0.3, -0.25) is 0 Å². The van der Waals surface area contributed by atoms with E-state index in [-0.39, 0.29) is 10.4 Å². The van der Waals surface area contributed by atoms with Crippen LogP contribution in [0.5, 0.6) is 0 Å². The highest BCUT2D eigenvalue weighted by Crippen LogP contribution is 2.64. The maximum Gasteiger partial charge on any atom is 0.381 e. The van der Waals surface area contributed by atoms with Crippen molar-refractivity contribution in [1.29, 1.82) is 0 Å². The second kappa shape index (κ2) is 5.48. The number of rotatable bonds is 2. The topological polar surface area (TPSA) is 0 Å². The first-order chi connectivity index (χ1) is 11.0. The zero-order chi connectivity index (χ0) is 17.9. The summed E-state index contributed by atoms with van der Waals surface area (Å²) in [6, 6.07) is 9.96. The fourth-order valence-electron chi connectivity index (χ4n) is 2.55. The largest absolute Gasteiger partial charge is 0.381 e. The molecule has 2 aromatic rings. The number of alkyl halides is 6. The molecule has 0 amide bonds. The molecule has 0 bridgehead atoms. The van der Waals surface area contributed by atoms with Crippen LogP contribution < -0.4 is 0 Å². The molecule has 1 aliphatic carbocycles. The van der Waals surface area contributed by atoms with Crippen molar-refractivity contribution < 1.29 is 26.3 Å². The predicted octanol–water partition coefficient (Wildman–Crippen LogP) is 6.79. The van der Waals surface area contributed by atoms with Crippen LogP contribution in [0.25, 0.3) is 16.0 Å². The monoisotopic (exact) mass is 474 g/mol. The van der Waals surface area contributed by atoms with E-state index < -0.39 is 26.9 Å². The van der Waals surface area contributed by atoms with Crippen LogP contribution in [-0.2, 0) is 0 Å². The van der Waals surface area contributed by atoms with Crippen molar-refractivity contribution >= 4 is 39.5 Å². The lowest BCUT2D eigenvalue weighted by atomic mass is 10.0. The van der Waals surface area contributed by atoms with Crippen molar-refractivity contribution in [1.82, 2.24) is 0 Å². The van der Waals surface area contributed by atoms with Gasteiger partial charge in [-0.2, -0.15) is 26.3 Å². The molecule has 1 heterocycles. The first-order valence-electron chi connectivity index (χ1n) is 6.72. The third kappa shape index (κ3) is 2.25. The van der Waals surface area contributed by atoms with Gasteiger partial charge in [0.15, 0.2) is 0 Å². The number of halogens is 7. The van der Waals surface area contributed by atoms with E-state index in [2.05, 4.69) is 0 Å². The molecule has 0 spiro atoms. The minimum absolute atomic E-state index is 0.259. The fraction of sp³-hybridized carbons (Fsp3) is 0.250. The average Bonchev–Trinajstić information content (AvgIpc) is 2.92. The van der Waals surface area contributed by atoms with Crippen molar-refractivity contribution in [2.75, 3.05) is 0 Å². The van der Waals surface area contributed by atoms with Gasteiger partial charge in [0.25, 0.3) is 0 Å². The lowest BCUT2D eigenvalue weighted by molar-refractivity contribution is -0.257. The molecule has 24 heavy (non-hydrogen) atoms. The number of hydrogen-bond acceptors (Lipinski definition) is 1. The fourth-order valence-corrected chi connectivity index (χ4v) is 4.55. The Morgan fingerprint density at radius 2 is 1.50 bits per heavy atom. The first-order valence-corrected chi connectivity index (χ1v) is 8.61. The Labute approximate surface area is 151 Å². The number of hydrogen-bond donors (Lipinski definition) is 0. The number of thiophene rings is 1. The normalized spacial score (nSPS) is 21.3. The van der Waals surface area contributed by atoms with E-state index in [1.165, 1.54) is 13.0 Å². The maximum absolute atomic E-state index is 14.1. The molecule has 0 N–H and O–H groups in total.